The van der Waals surface area contributed by atoms with Crippen molar-refractivity contribution in [2.45, 2.75) is 111 Å². The minimum absolute atomic E-state index is 0.0285. The molecule has 3 aromatic rings. The molecule has 4 rings (SSSR count). The highest BCUT2D eigenvalue weighted by atomic mass is 32.2. The minimum Gasteiger partial charge on any atom is -0.474 e. The van der Waals surface area contributed by atoms with Gasteiger partial charge in [-0.15, -0.1) is 0 Å². The van der Waals surface area contributed by atoms with Gasteiger partial charge in [0.2, 0.25) is 15.9 Å². The van der Waals surface area contributed by atoms with Gasteiger partial charge in [-0.1, -0.05) is 56.3 Å². The molecule has 8 nitrogen and oxygen atoms in total. The van der Waals surface area contributed by atoms with E-state index in [9.17, 15) is 13.2 Å². The van der Waals surface area contributed by atoms with E-state index >= 15 is 0 Å². The molecule has 42 heavy (non-hydrogen) atoms. The van der Waals surface area contributed by atoms with E-state index in [0.717, 1.165) is 42.4 Å². The van der Waals surface area contributed by atoms with Gasteiger partial charge in [-0.05, 0) is 91.8 Å². The lowest BCUT2D eigenvalue weighted by molar-refractivity contribution is -0.158. The Balaban J connectivity index is 0.000000257. The number of hydrogen-bond acceptors (Lipinski definition) is 7. The number of nitrogens with zero attached hydrogens (tertiary/aromatic N) is 2. The first-order valence-electron chi connectivity index (χ1n) is 14.8. The van der Waals surface area contributed by atoms with Crippen molar-refractivity contribution in [3.63, 3.8) is 0 Å². The second-order valence-corrected chi connectivity index (χ2v) is 14.3. The van der Waals surface area contributed by atoms with Crippen LogP contribution in [0.5, 0.6) is 5.88 Å². The summed E-state index contributed by atoms with van der Waals surface area (Å²) in [6.07, 6.45) is 3.52. The van der Waals surface area contributed by atoms with Gasteiger partial charge in [0.1, 0.15) is 11.3 Å². The molecule has 0 saturated heterocycles. The fourth-order valence-corrected chi connectivity index (χ4v) is 5.24. The molecule has 0 spiro atoms. The van der Waals surface area contributed by atoms with Gasteiger partial charge in [0, 0.05) is 6.04 Å². The zero-order valence-corrected chi connectivity index (χ0v) is 27.5. The minimum atomic E-state index is -2.94. The zero-order chi connectivity index (χ0) is 31.5. The Kier molecular flexibility index (Phi) is 13.4. The Labute approximate surface area is 252 Å². The van der Waals surface area contributed by atoms with Gasteiger partial charge in [-0.3, -0.25) is 4.79 Å². The number of nitrogens with one attached hydrogen (secondary N) is 1. The lowest BCUT2D eigenvalue weighted by atomic mass is 10.1. The van der Waals surface area contributed by atoms with Crippen LogP contribution in [0.15, 0.2) is 54.6 Å². The maximum atomic E-state index is 11.1. The first kappa shape index (κ1) is 35.2. The Morgan fingerprint density at radius 2 is 1.43 bits per heavy atom. The van der Waals surface area contributed by atoms with Gasteiger partial charge in [0.05, 0.1) is 28.3 Å². The molecule has 1 aliphatic rings. The Bertz CT molecular complexity index is 1360. The number of benzene rings is 2. The van der Waals surface area contributed by atoms with E-state index in [1.807, 2.05) is 92.6 Å². The monoisotopic (exact) mass is 599 g/mol. The third-order valence-electron chi connectivity index (χ3n) is 5.69. The van der Waals surface area contributed by atoms with E-state index in [2.05, 4.69) is 34.0 Å². The fraction of sp³-hybridized carbons (Fsp3) is 0.545. The van der Waals surface area contributed by atoms with Crippen LogP contribution in [-0.4, -0.2) is 47.4 Å². The number of para-hydroxylation sites is 2. The predicted octanol–water partition coefficient (Wildman–Crippen LogP) is 6.66. The molecule has 0 atom stereocenters. The van der Waals surface area contributed by atoms with Crippen LogP contribution in [0.1, 0.15) is 86.4 Å². The normalized spacial score (nSPS) is 13.3. The third-order valence-corrected chi connectivity index (χ3v) is 7.84. The summed E-state index contributed by atoms with van der Waals surface area (Å²) in [6, 6.07) is 18.4. The molecule has 232 valence electrons. The zero-order valence-electron chi connectivity index (χ0n) is 26.7. The summed E-state index contributed by atoms with van der Waals surface area (Å²) in [5.41, 5.74) is 3.67. The number of esters is 1. The van der Waals surface area contributed by atoms with Crippen LogP contribution < -0.4 is 9.46 Å². The molecular formula is C33H49N3O5S. The summed E-state index contributed by atoms with van der Waals surface area (Å²) < 4.78 is 35.7. The van der Waals surface area contributed by atoms with Crippen LogP contribution in [0, 0.1) is 5.92 Å². The standard InChI is InChI=1S/C19H20N2O.C8H16O2.C6H13NO2S/c1-14(2)22-19-18(13-12-15-8-4-3-5-9-15)20-16-10-6-7-11-17(16)21-19;1-6(2)7(9)10-8(3,4)5;1-5(2)7-10(8,9)6-3-4-6/h3-11,14H,12-13H2,1-2H3;6H,1-5H3;5-7H,3-4H2,1-2H3. The quantitative estimate of drug-likeness (QED) is 0.274. The van der Waals surface area contributed by atoms with Crippen molar-refractivity contribution >= 4 is 27.0 Å². The number of sulfonamides is 1. The van der Waals surface area contributed by atoms with Gasteiger partial charge in [-0.25, -0.2) is 23.1 Å². The third kappa shape index (κ3) is 13.3. The molecule has 0 bridgehead atoms. The second kappa shape index (κ2) is 16.0. The van der Waals surface area contributed by atoms with Crippen molar-refractivity contribution in [3.05, 3.63) is 65.9 Å². The van der Waals surface area contributed by atoms with Gasteiger partial charge in [0.25, 0.3) is 0 Å². The maximum absolute atomic E-state index is 11.1. The van der Waals surface area contributed by atoms with Gasteiger partial charge >= 0.3 is 5.97 Å². The van der Waals surface area contributed by atoms with E-state index in [1.54, 1.807) is 0 Å². The van der Waals surface area contributed by atoms with Crippen LogP contribution in [0.25, 0.3) is 11.0 Å². The number of carbonyl (C=O) groups is 1. The molecule has 1 N–H and O–H groups in total. The molecule has 1 saturated carbocycles. The molecule has 1 aromatic heterocycles. The molecule has 0 aliphatic heterocycles. The summed E-state index contributed by atoms with van der Waals surface area (Å²) in [5.74, 6) is 0.497. The second-order valence-electron chi connectivity index (χ2n) is 12.3. The van der Waals surface area contributed by atoms with Gasteiger partial charge in [0.15, 0.2) is 0 Å². The lowest BCUT2D eigenvalue weighted by Gasteiger charge is -2.20. The first-order valence-corrected chi connectivity index (χ1v) is 16.3. The number of ether oxygens (including phenoxy) is 2. The van der Waals surface area contributed by atoms with Crippen LogP contribution in [0.2, 0.25) is 0 Å². The van der Waals surface area contributed by atoms with Gasteiger partial charge < -0.3 is 9.47 Å². The smallest absolute Gasteiger partial charge is 0.308 e. The maximum Gasteiger partial charge on any atom is 0.308 e. The lowest BCUT2D eigenvalue weighted by Crippen LogP contribution is -2.32. The van der Waals surface area contributed by atoms with E-state index in [1.165, 1.54) is 5.56 Å². The van der Waals surface area contributed by atoms with E-state index < -0.39 is 10.0 Å². The predicted molar refractivity (Wildman–Crippen MR) is 170 cm³/mol. The highest BCUT2D eigenvalue weighted by molar-refractivity contribution is 7.90. The molecule has 0 amide bonds. The van der Waals surface area contributed by atoms with Crippen molar-refractivity contribution < 1.29 is 22.7 Å². The molecule has 2 aromatic carbocycles. The van der Waals surface area contributed by atoms with Crippen LogP contribution >= 0.6 is 0 Å². The van der Waals surface area contributed by atoms with E-state index in [0.29, 0.717) is 5.88 Å². The molecule has 0 radical (unpaired) electrons. The largest absolute Gasteiger partial charge is 0.474 e. The Morgan fingerprint density at radius 3 is 1.88 bits per heavy atom. The Morgan fingerprint density at radius 1 is 0.881 bits per heavy atom. The topological polar surface area (TPSA) is 107 Å². The molecule has 1 heterocycles. The molecule has 0 unspecified atom stereocenters. The number of rotatable bonds is 9. The number of hydrogen-bond donors (Lipinski definition) is 1. The molecule has 1 fully saturated rings. The number of fused-ring (bicyclic) bond motifs is 1. The van der Waals surface area contributed by atoms with Crippen LogP contribution in [-0.2, 0) is 32.4 Å². The first-order chi connectivity index (χ1) is 19.6. The average molecular weight is 600 g/mol. The summed E-state index contributed by atoms with van der Waals surface area (Å²) in [4.78, 5) is 20.3. The average Bonchev–Trinajstić information content (AvgIpc) is 3.73. The summed E-state index contributed by atoms with van der Waals surface area (Å²) in [6.45, 7) is 16.9. The molecule has 9 heteroatoms. The van der Waals surface area contributed by atoms with Crippen molar-refractivity contribution in [3.8, 4) is 5.88 Å². The summed E-state index contributed by atoms with van der Waals surface area (Å²) in [5, 5.41) is -0.0881. The van der Waals surface area contributed by atoms with Crippen molar-refractivity contribution in [1.82, 2.24) is 14.7 Å². The van der Waals surface area contributed by atoms with Crippen LogP contribution in [0.3, 0.4) is 0 Å². The number of aromatic nitrogens is 2. The highest BCUT2D eigenvalue weighted by Gasteiger charge is 2.35. The number of carbonyl (C=O) groups excluding carboxylic acids is 1. The molecule has 1 aliphatic carbocycles. The summed E-state index contributed by atoms with van der Waals surface area (Å²) in [7, 11) is -2.94. The van der Waals surface area contributed by atoms with Crippen molar-refractivity contribution in [1.29, 1.82) is 0 Å². The number of aryl methyl sites for hydroxylation is 2. The summed E-state index contributed by atoms with van der Waals surface area (Å²) >= 11 is 0. The molecular weight excluding hydrogens is 550 g/mol. The SMILES string of the molecule is CC(C)C(=O)OC(C)(C)C.CC(C)NS(=O)(=O)C1CC1.CC(C)Oc1nc2ccccc2nc1CCc1ccccc1. The van der Waals surface area contributed by atoms with Crippen molar-refractivity contribution in [2.24, 2.45) is 5.92 Å². The van der Waals surface area contributed by atoms with Crippen molar-refractivity contribution in [2.75, 3.05) is 0 Å². The fourth-order valence-electron chi connectivity index (χ4n) is 3.63. The Hall–Kier alpha value is -3.04. The van der Waals surface area contributed by atoms with E-state index in [-0.39, 0.29) is 34.9 Å². The van der Waals surface area contributed by atoms with E-state index in [4.69, 9.17) is 14.5 Å². The van der Waals surface area contributed by atoms with Gasteiger partial charge in [-0.2, -0.15) is 0 Å². The van der Waals surface area contributed by atoms with Crippen LogP contribution in [0.4, 0.5) is 0 Å². The highest BCUT2D eigenvalue weighted by Crippen LogP contribution is 2.27.